The number of likely N-dealkylation sites (N-methyl/N-ethyl adjacent to an activating group) is 1. The van der Waals surface area contributed by atoms with Gasteiger partial charge in [0.2, 0.25) is 11.8 Å². The number of para-hydroxylation sites is 1. The Morgan fingerprint density at radius 1 is 1.00 bits per heavy atom. The number of rotatable bonds is 10. The van der Waals surface area contributed by atoms with Crippen molar-refractivity contribution in [2.24, 2.45) is 0 Å². The van der Waals surface area contributed by atoms with Gasteiger partial charge in [0.15, 0.2) is 0 Å². The predicted octanol–water partition coefficient (Wildman–Crippen LogP) is 3.04. The van der Waals surface area contributed by atoms with Crippen LogP contribution in [0.15, 0.2) is 48.5 Å². The van der Waals surface area contributed by atoms with Crippen LogP contribution in [0.2, 0.25) is 5.02 Å². The Morgan fingerprint density at radius 3 is 2.48 bits per heavy atom. The lowest BCUT2D eigenvalue weighted by atomic mass is 10.2. The number of methoxy groups -OCH3 is 1. The monoisotopic (exact) mass is 448 g/mol. The number of carbonyl (C=O) groups is 3. The van der Waals surface area contributed by atoms with Crippen LogP contribution in [0.1, 0.15) is 0 Å². The number of halogens is 1. The standard InChI is InChI=1S/C21H25ClN4O5/c1-26(14-19(27)25-18-9-4-3-8-17(18)22)20(28)13-23-15-6-5-7-16(12-15)24-21(29)31-11-10-30-2/h3-9,12,23H,10-11,13-14H2,1-2H3,(H,24,29)(H,25,27). The molecule has 0 bridgehead atoms. The lowest BCUT2D eigenvalue weighted by molar-refractivity contribution is -0.131. The zero-order valence-electron chi connectivity index (χ0n) is 17.3. The molecular formula is C21H25ClN4O5. The molecule has 9 nitrogen and oxygen atoms in total. The highest BCUT2D eigenvalue weighted by Crippen LogP contribution is 2.20. The van der Waals surface area contributed by atoms with E-state index < -0.39 is 6.09 Å². The summed E-state index contributed by atoms with van der Waals surface area (Å²) in [6, 6.07) is 13.7. The number of nitrogens with one attached hydrogen (secondary N) is 3. The minimum Gasteiger partial charge on any atom is -0.447 e. The van der Waals surface area contributed by atoms with Gasteiger partial charge in [0.25, 0.3) is 0 Å². The van der Waals surface area contributed by atoms with E-state index in [-0.39, 0.29) is 31.5 Å². The molecule has 0 heterocycles. The summed E-state index contributed by atoms with van der Waals surface area (Å²) in [4.78, 5) is 37.5. The van der Waals surface area contributed by atoms with Crippen LogP contribution in [-0.4, -0.2) is 63.3 Å². The molecule has 3 N–H and O–H groups in total. The Balaban J connectivity index is 1.80. The average Bonchev–Trinajstić information content (AvgIpc) is 2.74. The van der Waals surface area contributed by atoms with Crippen LogP contribution < -0.4 is 16.0 Å². The second-order valence-corrected chi connectivity index (χ2v) is 6.87. The van der Waals surface area contributed by atoms with Crippen LogP contribution in [0.25, 0.3) is 0 Å². The minimum absolute atomic E-state index is 0.0301. The number of hydrogen-bond donors (Lipinski definition) is 3. The number of anilines is 3. The van der Waals surface area contributed by atoms with E-state index in [0.717, 1.165) is 0 Å². The van der Waals surface area contributed by atoms with Gasteiger partial charge in [0.1, 0.15) is 6.61 Å². The van der Waals surface area contributed by atoms with Gasteiger partial charge in [-0.3, -0.25) is 14.9 Å². The van der Waals surface area contributed by atoms with Crippen molar-refractivity contribution in [3.8, 4) is 0 Å². The fourth-order valence-electron chi connectivity index (χ4n) is 2.45. The van der Waals surface area contributed by atoms with Crippen LogP contribution in [0, 0.1) is 0 Å². The Hall–Kier alpha value is -3.30. The molecule has 0 saturated heterocycles. The fourth-order valence-corrected chi connectivity index (χ4v) is 2.63. The van der Waals surface area contributed by atoms with Gasteiger partial charge >= 0.3 is 6.09 Å². The lowest BCUT2D eigenvalue weighted by Gasteiger charge is -2.18. The summed E-state index contributed by atoms with van der Waals surface area (Å²) in [5.41, 5.74) is 1.61. The van der Waals surface area contributed by atoms with Gasteiger partial charge in [-0.15, -0.1) is 0 Å². The molecule has 3 amide bonds. The van der Waals surface area contributed by atoms with Gasteiger partial charge in [-0.1, -0.05) is 29.8 Å². The molecule has 0 aromatic heterocycles. The number of amides is 3. The third kappa shape index (κ3) is 8.53. The van der Waals surface area contributed by atoms with Gasteiger partial charge in [-0.25, -0.2) is 4.79 Å². The SMILES string of the molecule is COCCOC(=O)Nc1cccc(NCC(=O)N(C)CC(=O)Nc2ccccc2Cl)c1. The van der Waals surface area contributed by atoms with E-state index in [1.54, 1.807) is 48.5 Å². The summed E-state index contributed by atoms with van der Waals surface area (Å²) in [6.45, 7) is 0.296. The summed E-state index contributed by atoms with van der Waals surface area (Å²) < 4.78 is 9.75. The third-order valence-corrected chi connectivity index (χ3v) is 4.36. The van der Waals surface area contributed by atoms with Crippen molar-refractivity contribution >= 4 is 46.6 Å². The van der Waals surface area contributed by atoms with Crippen molar-refractivity contribution < 1.29 is 23.9 Å². The molecule has 0 saturated carbocycles. The summed E-state index contributed by atoms with van der Waals surface area (Å²) in [5.74, 6) is -0.645. The topological polar surface area (TPSA) is 109 Å². The molecule has 0 fully saturated rings. The third-order valence-electron chi connectivity index (χ3n) is 4.03. The first-order chi connectivity index (χ1) is 14.9. The molecular weight excluding hydrogens is 424 g/mol. The lowest BCUT2D eigenvalue weighted by Crippen LogP contribution is -2.38. The first-order valence-electron chi connectivity index (χ1n) is 9.44. The Labute approximate surface area is 185 Å². The van der Waals surface area contributed by atoms with Gasteiger partial charge in [0.05, 0.1) is 30.4 Å². The second-order valence-electron chi connectivity index (χ2n) is 6.47. The van der Waals surface area contributed by atoms with Gasteiger partial charge < -0.3 is 25.0 Å². The van der Waals surface area contributed by atoms with Crippen LogP contribution in [0.5, 0.6) is 0 Å². The molecule has 2 aromatic carbocycles. The van der Waals surface area contributed by atoms with E-state index in [1.165, 1.54) is 19.1 Å². The van der Waals surface area contributed by atoms with E-state index in [2.05, 4.69) is 16.0 Å². The Kier molecular flexibility index (Phi) is 9.60. The van der Waals surface area contributed by atoms with E-state index in [1.807, 2.05) is 0 Å². The minimum atomic E-state index is -0.602. The largest absolute Gasteiger partial charge is 0.447 e. The molecule has 0 spiro atoms. The highest BCUT2D eigenvalue weighted by Gasteiger charge is 2.14. The van der Waals surface area contributed by atoms with E-state index in [0.29, 0.717) is 28.7 Å². The summed E-state index contributed by atoms with van der Waals surface area (Å²) in [6.07, 6.45) is -0.602. The van der Waals surface area contributed by atoms with Crippen LogP contribution in [0.4, 0.5) is 21.9 Å². The first kappa shape index (κ1) is 24.0. The smallest absolute Gasteiger partial charge is 0.411 e. The Bertz CT molecular complexity index is 909. The maximum atomic E-state index is 12.3. The van der Waals surface area contributed by atoms with Crippen molar-refractivity contribution in [2.45, 2.75) is 0 Å². The predicted molar refractivity (Wildman–Crippen MR) is 119 cm³/mol. The average molecular weight is 449 g/mol. The quantitative estimate of drug-likeness (QED) is 0.482. The van der Waals surface area contributed by atoms with E-state index >= 15 is 0 Å². The molecule has 10 heteroatoms. The summed E-state index contributed by atoms with van der Waals surface area (Å²) in [5, 5.41) is 8.64. The molecule has 2 aromatic rings. The molecule has 0 atom stereocenters. The summed E-state index contributed by atoms with van der Waals surface area (Å²) in [7, 11) is 3.05. The number of hydrogen-bond acceptors (Lipinski definition) is 6. The number of nitrogens with zero attached hydrogens (tertiary/aromatic N) is 1. The van der Waals surface area contributed by atoms with Crippen molar-refractivity contribution in [2.75, 3.05) is 56.4 Å². The zero-order chi connectivity index (χ0) is 22.6. The van der Waals surface area contributed by atoms with Crippen molar-refractivity contribution in [3.63, 3.8) is 0 Å². The van der Waals surface area contributed by atoms with Crippen LogP contribution in [0.3, 0.4) is 0 Å². The van der Waals surface area contributed by atoms with Crippen molar-refractivity contribution in [1.29, 1.82) is 0 Å². The highest BCUT2D eigenvalue weighted by atomic mass is 35.5. The van der Waals surface area contributed by atoms with E-state index in [9.17, 15) is 14.4 Å². The van der Waals surface area contributed by atoms with Crippen molar-refractivity contribution in [3.05, 3.63) is 53.6 Å². The molecule has 0 aliphatic rings. The zero-order valence-corrected chi connectivity index (χ0v) is 18.1. The van der Waals surface area contributed by atoms with Crippen molar-refractivity contribution in [1.82, 2.24) is 4.90 Å². The van der Waals surface area contributed by atoms with Gasteiger partial charge in [0, 0.05) is 25.5 Å². The first-order valence-corrected chi connectivity index (χ1v) is 9.82. The number of benzene rings is 2. The second kappa shape index (κ2) is 12.4. The van der Waals surface area contributed by atoms with E-state index in [4.69, 9.17) is 21.1 Å². The van der Waals surface area contributed by atoms with Gasteiger partial charge in [-0.2, -0.15) is 0 Å². The number of ether oxygens (including phenoxy) is 2. The molecule has 0 radical (unpaired) electrons. The maximum absolute atomic E-state index is 12.3. The highest BCUT2D eigenvalue weighted by molar-refractivity contribution is 6.33. The van der Waals surface area contributed by atoms with Gasteiger partial charge in [-0.05, 0) is 30.3 Å². The summed E-state index contributed by atoms with van der Waals surface area (Å²) >= 11 is 6.02. The van der Waals surface area contributed by atoms with Crippen LogP contribution >= 0.6 is 11.6 Å². The van der Waals surface area contributed by atoms with Crippen LogP contribution in [-0.2, 0) is 19.1 Å². The molecule has 31 heavy (non-hydrogen) atoms. The maximum Gasteiger partial charge on any atom is 0.411 e. The molecule has 0 unspecified atom stereocenters. The fraction of sp³-hybridized carbons (Fsp3) is 0.286. The normalized spacial score (nSPS) is 10.2. The molecule has 0 aliphatic carbocycles. The molecule has 0 aliphatic heterocycles. The molecule has 2 rings (SSSR count). The number of carbonyl (C=O) groups excluding carboxylic acids is 3. The Morgan fingerprint density at radius 2 is 1.74 bits per heavy atom. The molecule has 166 valence electrons.